The number of para-hydroxylation sites is 1. The molecule has 174 valence electrons. The quantitative estimate of drug-likeness (QED) is 0.313. The molecule has 0 aliphatic heterocycles. The predicted octanol–water partition coefficient (Wildman–Crippen LogP) is 4.08. The molecule has 2 aromatic heterocycles. The number of carbonyl (C=O) groups is 1. The van der Waals surface area contributed by atoms with Crippen molar-refractivity contribution in [1.29, 1.82) is 0 Å². The van der Waals surface area contributed by atoms with E-state index in [-0.39, 0.29) is 12.5 Å². The first kappa shape index (κ1) is 23.0. The molecular formula is C24H24N6O3S. The van der Waals surface area contributed by atoms with E-state index in [4.69, 9.17) is 21.7 Å². The predicted molar refractivity (Wildman–Crippen MR) is 132 cm³/mol. The summed E-state index contributed by atoms with van der Waals surface area (Å²) in [5.74, 6) is 1.34. The first-order chi connectivity index (χ1) is 16.5. The van der Waals surface area contributed by atoms with E-state index in [1.807, 2.05) is 55.5 Å². The Morgan fingerprint density at radius 2 is 1.88 bits per heavy atom. The maximum atomic E-state index is 12.4. The molecule has 4 aromatic rings. The van der Waals surface area contributed by atoms with Crippen molar-refractivity contribution in [2.75, 3.05) is 24.5 Å². The van der Waals surface area contributed by atoms with Gasteiger partial charge in [0.1, 0.15) is 0 Å². The van der Waals surface area contributed by atoms with Gasteiger partial charge in [0.05, 0.1) is 13.7 Å². The summed E-state index contributed by atoms with van der Waals surface area (Å²) in [5, 5.41) is 9.93. The van der Waals surface area contributed by atoms with Gasteiger partial charge < -0.3 is 20.2 Å². The lowest BCUT2D eigenvalue weighted by molar-refractivity contribution is -0.118. The minimum Gasteiger partial charge on any atom is -0.493 e. The number of hydrogen-bond donors (Lipinski definition) is 3. The van der Waals surface area contributed by atoms with Gasteiger partial charge in [-0.2, -0.15) is 5.10 Å². The number of aromatic nitrogens is 4. The van der Waals surface area contributed by atoms with Crippen LogP contribution in [-0.2, 0) is 11.3 Å². The molecule has 9 nitrogen and oxygen atoms in total. The molecule has 2 heterocycles. The molecule has 0 atom stereocenters. The molecule has 0 unspecified atom stereocenters. The van der Waals surface area contributed by atoms with Gasteiger partial charge in [0.2, 0.25) is 4.77 Å². The highest BCUT2D eigenvalue weighted by molar-refractivity contribution is 7.71. The fourth-order valence-electron chi connectivity index (χ4n) is 3.30. The fourth-order valence-corrected chi connectivity index (χ4v) is 3.50. The molecule has 0 bridgehead atoms. The van der Waals surface area contributed by atoms with Gasteiger partial charge >= 0.3 is 0 Å². The fraction of sp³-hybridized carbons (Fsp3) is 0.167. The van der Waals surface area contributed by atoms with E-state index in [9.17, 15) is 4.79 Å². The molecule has 0 aliphatic carbocycles. The summed E-state index contributed by atoms with van der Waals surface area (Å²) in [7, 11) is 1.56. The highest BCUT2D eigenvalue weighted by atomic mass is 32.1. The minimum atomic E-state index is -0.273. The number of ether oxygens (including phenoxy) is 2. The molecule has 1 amide bonds. The SMILES string of the molecule is COc1cccc(CNn2c(-c3ccncc3)n[nH]c2=S)c1OCC(=O)Nc1ccc(C)cc1. The highest BCUT2D eigenvalue weighted by Crippen LogP contribution is 2.31. The molecule has 0 fully saturated rings. The first-order valence-corrected chi connectivity index (χ1v) is 10.9. The number of pyridine rings is 1. The van der Waals surface area contributed by atoms with E-state index >= 15 is 0 Å². The third-order valence-corrected chi connectivity index (χ3v) is 5.28. The molecule has 34 heavy (non-hydrogen) atoms. The number of methoxy groups -OCH3 is 1. The minimum absolute atomic E-state index is 0.172. The Kier molecular flexibility index (Phi) is 7.19. The smallest absolute Gasteiger partial charge is 0.262 e. The van der Waals surface area contributed by atoms with E-state index in [2.05, 4.69) is 25.9 Å². The summed E-state index contributed by atoms with van der Waals surface area (Å²) < 4.78 is 13.4. The van der Waals surface area contributed by atoms with Gasteiger partial charge in [-0.25, -0.2) is 9.77 Å². The molecule has 0 spiro atoms. The van der Waals surface area contributed by atoms with Crippen molar-refractivity contribution in [2.24, 2.45) is 0 Å². The van der Waals surface area contributed by atoms with E-state index in [1.165, 1.54) is 0 Å². The second kappa shape index (κ2) is 10.6. The third-order valence-electron chi connectivity index (χ3n) is 5.00. The first-order valence-electron chi connectivity index (χ1n) is 10.5. The standard InChI is InChI=1S/C24H24N6O3S/c1-16-6-8-19(9-7-16)27-21(31)15-33-22-18(4-3-5-20(22)32-2)14-26-30-23(28-29-24(30)34)17-10-12-25-13-11-17/h3-13,26H,14-15H2,1-2H3,(H,27,31)(H,29,34). The Labute approximate surface area is 201 Å². The maximum absolute atomic E-state index is 12.4. The molecule has 0 saturated carbocycles. The summed E-state index contributed by atoms with van der Waals surface area (Å²) in [6.45, 7) is 2.16. The number of aryl methyl sites for hydroxylation is 1. The van der Waals surface area contributed by atoms with Gasteiger partial charge in [0.25, 0.3) is 5.91 Å². The summed E-state index contributed by atoms with van der Waals surface area (Å²) in [4.78, 5) is 16.5. The lowest BCUT2D eigenvalue weighted by Gasteiger charge is -2.16. The molecule has 3 N–H and O–H groups in total. The van der Waals surface area contributed by atoms with Crippen molar-refractivity contribution in [3.05, 3.63) is 82.9 Å². The molecule has 0 aliphatic rings. The lowest BCUT2D eigenvalue weighted by Crippen LogP contribution is -2.21. The van der Waals surface area contributed by atoms with E-state index < -0.39 is 0 Å². The van der Waals surface area contributed by atoms with E-state index in [0.717, 1.165) is 16.7 Å². The van der Waals surface area contributed by atoms with Gasteiger partial charge in [-0.15, -0.1) is 0 Å². The number of carbonyl (C=O) groups excluding carboxylic acids is 1. The van der Waals surface area contributed by atoms with Crippen molar-refractivity contribution < 1.29 is 14.3 Å². The van der Waals surface area contributed by atoms with Gasteiger partial charge in [0.15, 0.2) is 23.9 Å². The molecule has 0 radical (unpaired) electrons. The van der Waals surface area contributed by atoms with Crippen LogP contribution >= 0.6 is 12.2 Å². The van der Waals surface area contributed by atoms with Gasteiger partial charge in [-0.05, 0) is 49.5 Å². The summed E-state index contributed by atoms with van der Waals surface area (Å²) in [6, 6.07) is 16.8. The zero-order chi connectivity index (χ0) is 23.9. The summed E-state index contributed by atoms with van der Waals surface area (Å²) in [6.07, 6.45) is 3.38. The lowest BCUT2D eigenvalue weighted by atomic mass is 10.2. The normalized spacial score (nSPS) is 10.5. The number of hydrogen-bond acceptors (Lipinski definition) is 7. The van der Waals surface area contributed by atoms with Gasteiger partial charge in [-0.3, -0.25) is 9.78 Å². The van der Waals surface area contributed by atoms with Crippen molar-refractivity contribution in [3.63, 3.8) is 0 Å². The van der Waals surface area contributed by atoms with Crippen molar-refractivity contribution >= 4 is 23.8 Å². The van der Waals surface area contributed by atoms with Crippen LogP contribution in [0.4, 0.5) is 5.69 Å². The van der Waals surface area contributed by atoms with E-state index in [0.29, 0.717) is 34.3 Å². The van der Waals surface area contributed by atoms with E-state index in [1.54, 1.807) is 30.2 Å². The number of nitrogens with one attached hydrogen (secondary N) is 3. The average molecular weight is 477 g/mol. The van der Waals surface area contributed by atoms with Crippen molar-refractivity contribution in [1.82, 2.24) is 19.9 Å². The third kappa shape index (κ3) is 5.41. The van der Waals surface area contributed by atoms with Crippen molar-refractivity contribution in [3.8, 4) is 22.9 Å². The summed E-state index contributed by atoms with van der Waals surface area (Å²) in [5.41, 5.74) is 6.72. The number of aromatic amines is 1. The number of benzene rings is 2. The molecule has 2 aromatic carbocycles. The van der Waals surface area contributed by atoms with Crippen LogP contribution in [0.15, 0.2) is 67.0 Å². The Balaban J connectivity index is 1.49. The monoisotopic (exact) mass is 476 g/mol. The van der Waals surface area contributed by atoms with Crippen LogP contribution in [0.1, 0.15) is 11.1 Å². The largest absolute Gasteiger partial charge is 0.493 e. The van der Waals surface area contributed by atoms with Crippen LogP contribution in [0.5, 0.6) is 11.5 Å². The molecular weight excluding hydrogens is 452 g/mol. The van der Waals surface area contributed by atoms with Gasteiger partial charge in [0, 0.05) is 29.2 Å². The highest BCUT2D eigenvalue weighted by Gasteiger charge is 2.15. The van der Waals surface area contributed by atoms with Crippen LogP contribution in [0.25, 0.3) is 11.4 Å². The number of amides is 1. The Hall–Kier alpha value is -4.18. The number of rotatable bonds is 9. The van der Waals surface area contributed by atoms with Crippen LogP contribution in [-0.4, -0.2) is 39.5 Å². The van der Waals surface area contributed by atoms with Crippen LogP contribution in [0, 0.1) is 11.7 Å². The number of H-pyrrole nitrogens is 1. The average Bonchev–Trinajstić information content (AvgIpc) is 3.23. The number of nitrogens with zero attached hydrogens (tertiary/aromatic N) is 3. The Bertz CT molecular complexity index is 1320. The van der Waals surface area contributed by atoms with Crippen LogP contribution in [0.2, 0.25) is 0 Å². The topological polar surface area (TPSA) is 106 Å². The maximum Gasteiger partial charge on any atom is 0.262 e. The van der Waals surface area contributed by atoms with Crippen LogP contribution in [0.3, 0.4) is 0 Å². The second-order valence-corrected chi connectivity index (χ2v) is 7.80. The zero-order valence-electron chi connectivity index (χ0n) is 18.7. The Morgan fingerprint density at radius 3 is 2.62 bits per heavy atom. The van der Waals surface area contributed by atoms with Crippen molar-refractivity contribution in [2.45, 2.75) is 13.5 Å². The second-order valence-electron chi connectivity index (χ2n) is 7.41. The zero-order valence-corrected chi connectivity index (χ0v) is 19.6. The van der Waals surface area contributed by atoms with Gasteiger partial charge in [-0.1, -0.05) is 29.8 Å². The number of anilines is 1. The molecule has 4 rings (SSSR count). The Morgan fingerprint density at radius 1 is 1.12 bits per heavy atom. The molecule has 10 heteroatoms. The van der Waals surface area contributed by atoms with Crippen LogP contribution < -0.4 is 20.2 Å². The summed E-state index contributed by atoms with van der Waals surface area (Å²) >= 11 is 5.38. The molecule has 0 saturated heterocycles.